The molecular formula is C15H17BrFN3OS. The van der Waals surface area contributed by atoms with Crippen molar-refractivity contribution in [3.63, 3.8) is 0 Å². The summed E-state index contributed by atoms with van der Waals surface area (Å²) in [5, 5.41) is 6.28. The first-order valence-electron chi connectivity index (χ1n) is 6.98. The fraction of sp³-hybridized carbons (Fsp3) is 0.333. The standard InChI is InChI=1S/C15H17BrFN3OS/c16-11-3-4-13-12(8-11)10(9-19-13)7-14(20-17)15(21)18-5-1-2-6-22/h3-4,8-9,19,22H,1-2,5-7H2,(H,18,21). The zero-order valence-corrected chi connectivity index (χ0v) is 14.4. The van der Waals surface area contributed by atoms with E-state index in [4.69, 9.17) is 0 Å². The number of rotatable bonds is 7. The molecule has 2 rings (SSSR count). The molecule has 1 aromatic heterocycles. The summed E-state index contributed by atoms with van der Waals surface area (Å²) in [5.41, 5.74) is 1.65. The number of halogens is 2. The van der Waals surface area contributed by atoms with Gasteiger partial charge in [-0.3, -0.25) is 4.79 Å². The van der Waals surface area contributed by atoms with Crippen molar-refractivity contribution in [2.45, 2.75) is 19.3 Å². The SMILES string of the molecule is O=C(NCCCCS)C(Cc1c[nH]c2ccc(Br)cc12)=NF. The minimum atomic E-state index is -0.467. The molecule has 0 saturated heterocycles. The molecule has 0 saturated carbocycles. The van der Waals surface area contributed by atoms with Crippen molar-refractivity contribution in [3.8, 4) is 0 Å². The second-order valence-electron chi connectivity index (χ2n) is 4.90. The number of aromatic nitrogens is 1. The van der Waals surface area contributed by atoms with Crippen LogP contribution in [0.2, 0.25) is 0 Å². The number of benzene rings is 1. The van der Waals surface area contributed by atoms with Crippen molar-refractivity contribution in [2.24, 2.45) is 5.21 Å². The van der Waals surface area contributed by atoms with Crippen molar-refractivity contribution in [1.82, 2.24) is 10.3 Å². The van der Waals surface area contributed by atoms with E-state index in [1.54, 1.807) is 6.20 Å². The molecule has 0 aliphatic carbocycles. The Morgan fingerprint density at radius 1 is 1.41 bits per heavy atom. The number of thiol groups is 1. The molecule has 0 fully saturated rings. The summed E-state index contributed by atoms with van der Waals surface area (Å²) in [4.78, 5) is 15.1. The molecule has 0 unspecified atom stereocenters. The van der Waals surface area contributed by atoms with Gasteiger partial charge in [-0.25, -0.2) is 0 Å². The molecule has 0 aliphatic rings. The molecule has 7 heteroatoms. The summed E-state index contributed by atoms with van der Waals surface area (Å²) in [5.74, 6) is 0.301. The lowest BCUT2D eigenvalue weighted by Gasteiger charge is -2.06. The van der Waals surface area contributed by atoms with E-state index in [0.717, 1.165) is 39.5 Å². The van der Waals surface area contributed by atoms with Crippen LogP contribution in [0.5, 0.6) is 0 Å². The predicted molar refractivity (Wildman–Crippen MR) is 94.3 cm³/mol. The quantitative estimate of drug-likeness (QED) is 0.380. The molecule has 0 aliphatic heterocycles. The minimum absolute atomic E-state index is 0.119. The first-order valence-corrected chi connectivity index (χ1v) is 8.40. The van der Waals surface area contributed by atoms with Crippen LogP contribution >= 0.6 is 28.6 Å². The Hall–Kier alpha value is -1.34. The highest BCUT2D eigenvalue weighted by Crippen LogP contribution is 2.23. The third-order valence-electron chi connectivity index (χ3n) is 3.32. The van der Waals surface area contributed by atoms with Crippen molar-refractivity contribution >= 4 is 51.1 Å². The van der Waals surface area contributed by atoms with Crippen LogP contribution in [0.1, 0.15) is 18.4 Å². The van der Waals surface area contributed by atoms with Crippen LogP contribution in [0.15, 0.2) is 34.1 Å². The number of unbranched alkanes of at least 4 members (excludes halogenated alkanes) is 1. The van der Waals surface area contributed by atoms with Gasteiger partial charge in [0.2, 0.25) is 0 Å². The van der Waals surface area contributed by atoms with E-state index < -0.39 is 5.91 Å². The Balaban J connectivity index is 2.06. The van der Waals surface area contributed by atoms with Gasteiger partial charge in [0, 0.05) is 34.5 Å². The van der Waals surface area contributed by atoms with E-state index in [9.17, 15) is 9.28 Å². The van der Waals surface area contributed by atoms with Crippen LogP contribution in [0.25, 0.3) is 10.9 Å². The number of carbonyl (C=O) groups is 1. The molecule has 118 valence electrons. The Morgan fingerprint density at radius 2 is 2.23 bits per heavy atom. The third-order valence-corrected chi connectivity index (χ3v) is 4.13. The molecule has 1 amide bonds. The van der Waals surface area contributed by atoms with Gasteiger partial charge in [0.25, 0.3) is 5.91 Å². The number of amides is 1. The normalized spacial score (nSPS) is 11.9. The lowest BCUT2D eigenvalue weighted by Crippen LogP contribution is -2.32. The second kappa shape index (κ2) is 8.33. The number of aromatic amines is 1. The molecule has 1 heterocycles. The first kappa shape index (κ1) is 17.0. The van der Waals surface area contributed by atoms with Gasteiger partial charge in [0.1, 0.15) is 5.71 Å². The first-order chi connectivity index (χ1) is 10.7. The molecule has 0 atom stereocenters. The maximum atomic E-state index is 12.9. The van der Waals surface area contributed by atoms with Gasteiger partial charge in [-0.1, -0.05) is 25.6 Å². The topological polar surface area (TPSA) is 57.2 Å². The maximum absolute atomic E-state index is 12.9. The molecule has 2 aromatic rings. The minimum Gasteiger partial charge on any atom is -0.361 e. The van der Waals surface area contributed by atoms with Gasteiger partial charge in [-0.2, -0.15) is 12.6 Å². The van der Waals surface area contributed by atoms with Gasteiger partial charge in [-0.15, -0.1) is 0 Å². The lowest BCUT2D eigenvalue weighted by atomic mass is 10.1. The number of H-pyrrole nitrogens is 1. The van der Waals surface area contributed by atoms with Crippen LogP contribution in [0, 0.1) is 0 Å². The van der Waals surface area contributed by atoms with Crippen molar-refractivity contribution in [1.29, 1.82) is 0 Å². The zero-order chi connectivity index (χ0) is 15.9. The highest BCUT2D eigenvalue weighted by Gasteiger charge is 2.15. The Morgan fingerprint density at radius 3 is 2.95 bits per heavy atom. The van der Waals surface area contributed by atoms with E-state index in [0.29, 0.717) is 6.54 Å². The molecule has 22 heavy (non-hydrogen) atoms. The van der Waals surface area contributed by atoms with Gasteiger partial charge in [0.05, 0.1) is 0 Å². The van der Waals surface area contributed by atoms with Crippen LogP contribution in [-0.4, -0.2) is 28.9 Å². The van der Waals surface area contributed by atoms with Crippen LogP contribution < -0.4 is 5.32 Å². The van der Waals surface area contributed by atoms with Crippen LogP contribution in [0.4, 0.5) is 4.48 Å². The monoisotopic (exact) mass is 385 g/mol. The number of nitrogens with one attached hydrogen (secondary N) is 2. The second-order valence-corrected chi connectivity index (χ2v) is 6.26. The molecule has 2 N–H and O–H groups in total. The summed E-state index contributed by atoms with van der Waals surface area (Å²) in [6.07, 6.45) is 3.64. The number of hydrogen-bond acceptors (Lipinski definition) is 3. The van der Waals surface area contributed by atoms with Gasteiger partial charge >= 0.3 is 0 Å². The van der Waals surface area contributed by atoms with E-state index in [2.05, 4.69) is 44.1 Å². The summed E-state index contributed by atoms with van der Waals surface area (Å²) < 4.78 is 13.8. The zero-order valence-electron chi connectivity index (χ0n) is 11.9. The third kappa shape index (κ3) is 4.33. The van der Waals surface area contributed by atoms with E-state index in [1.165, 1.54) is 0 Å². The average molecular weight is 386 g/mol. The number of carbonyl (C=O) groups excluding carboxylic acids is 1. The highest BCUT2D eigenvalue weighted by atomic mass is 79.9. The lowest BCUT2D eigenvalue weighted by molar-refractivity contribution is -0.114. The molecular weight excluding hydrogens is 369 g/mol. The van der Waals surface area contributed by atoms with Crippen molar-refractivity contribution < 1.29 is 9.28 Å². The Bertz CT molecular complexity index is 686. The van der Waals surface area contributed by atoms with E-state index >= 15 is 0 Å². The smallest absolute Gasteiger partial charge is 0.268 e. The Labute approximate surface area is 142 Å². The van der Waals surface area contributed by atoms with Gasteiger partial charge < -0.3 is 10.3 Å². The summed E-state index contributed by atoms with van der Waals surface area (Å²) >= 11 is 7.51. The summed E-state index contributed by atoms with van der Waals surface area (Å²) in [6.45, 7) is 0.498. The van der Waals surface area contributed by atoms with Gasteiger partial charge in [-0.05, 0) is 42.4 Å². The van der Waals surface area contributed by atoms with E-state index in [-0.39, 0.29) is 12.1 Å². The number of hydrogen-bond donors (Lipinski definition) is 3. The molecule has 0 spiro atoms. The van der Waals surface area contributed by atoms with E-state index in [1.807, 2.05) is 18.2 Å². The largest absolute Gasteiger partial charge is 0.361 e. The fourth-order valence-corrected chi connectivity index (χ4v) is 2.75. The van der Waals surface area contributed by atoms with Crippen molar-refractivity contribution in [2.75, 3.05) is 12.3 Å². The van der Waals surface area contributed by atoms with Gasteiger partial charge in [0.15, 0.2) is 0 Å². The summed E-state index contributed by atoms with van der Waals surface area (Å²) in [6, 6.07) is 5.77. The van der Waals surface area contributed by atoms with Crippen molar-refractivity contribution in [3.05, 3.63) is 34.4 Å². The average Bonchev–Trinajstić information content (AvgIpc) is 2.91. The molecule has 0 bridgehead atoms. The fourth-order valence-electron chi connectivity index (χ4n) is 2.17. The summed E-state index contributed by atoms with van der Waals surface area (Å²) in [7, 11) is 0. The highest BCUT2D eigenvalue weighted by molar-refractivity contribution is 9.10. The molecule has 1 aromatic carbocycles. The Kier molecular flexibility index (Phi) is 6.45. The maximum Gasteiger partial charge on any atom is 0.268 e. The predicted octanol–water partition coefficient (Wildman–Crippen LogP) is 3.62. The van der Waals surface area contributed by atoms with Crippen LogP contribution in [-0.2, 0) is 11.2 Å². The number of fused-ring (bicyclic) bond motifs is 1. The molecule has 0 radical (unpaired) electrons. The van der Waals surface area contributed by atoms with Crippen LogP contribution in [0.3, 0.4) is 0 Å². The number of nitrogens with zero attached hydrogens (tertiary/aromatic N) is 1. The molecule has 4 nitrogen and oxygen atoms in total.